The second-order valence-corrected chi connectivity index (χ2v) is 7.65. The van der Waals surface area contributed by atoms with Crippen molar-refractivity contribution in [2.45, 2.75) is 19.0 Å². The Morgan fingerprint density at radius 1 is 1.21 bits per heavy atom. The molecule has 0 aliphatic carbocycles. The number of aromatic amines is 1. The number of rotatable bonds is 3. The van der Waals surface area contributed by atoms with Crippen LogP contribution in [0.1, 0.15) is 21.6 Å². The van der Waals surface area contributed by atoms with E-state index < -0.39 is 12.1 Å². The first kappa shape index (κ1) is 25.0. The summed E-state index contributed by atoms with van der Waals surface area (Å²) in [5.41, 5.74) is 4.65. The number of aromatic nitrogens is 3. The van der Waals surface area contributed by atoms with E-state index in [4.69, 9.17) is 26.2 Å². The summed E-state index contributed by atoms with van der Waals surface area (Å²) >= 11 is 6.01. The molecule has 12 heteroatoms. The van der Waals surface area contributed by atoms with Crippen molar-refractivity contribution in [1.29, 1.82) is 0 Å². The van der Waals surface area contributed by atoms with Crippen molar-refractivity contribution < 1.29 is 32.6 Å². The Morgan fingerprint density at radius 3 is 2.53 bits per heavy atom. The van der Waals surface area contributed by atoms with Crippen LogP contribution in [0.3, 0.4) is 0 Å². The predicted molar refractivity (Wildman–Crippen MR) is 117 cm³/mol. The average molecular weight is 497 g/mol. The number of hydrogen-bond donors (Lipinski definition) is 2. The molecule has 34 heavy (non-hydrogen) atoms. The normalized spacial score (nSPS) is 13.3. The number of alkyl halides is 3. The van der Waals surface area contributed by atoms with Gasteiger partial charge in [0.2, 0.25) is 0 Å². The first-order valence-electron chi connectivity index (χ1n) is 10.0. The van der Waals surface area contributed by atoms with E-state index >= 15 is 0 Å². The van der Waals surface area contributed by atoms with Gasteiger partial charge in [0, 0.05) is 53.7 Å². The van der Waals surface area contributed by atoms with E-state index in [1.165, 1.54) is 0 Å². The number of H-pyrrole nitrogens is 1. The molecule has 2 N–H and O–H groups in total. The van der Waals surface area contributed by atoms with Gasteiger partial charge < -0.3 is 14.7 Å². The van der Waals surface area contributed by atoms with Crippen LogP contribution in [0.15, 0.2) is 42.7 Å². The van der Waals surface area contributed by atoms with Crippen molar-refractivity contribution in [2.24, 2.45) is 0 Å². The highest BCUT2D eigenvalue weighted by Gasteiger charge is 2.38. The number of halogens is 4. The number of pyridine rings is 1. The Bertz CT molecular complexity index is 1170. The lowest BCUT2D eigenvalue weighted by Crippen LogP contribution is -2.33. The van der Waals surface area contributed by atoms with Crippen LogP contribution in [0, 0.1) is 0 Å². The average Bonchev–Trinajstić information content (AvgIpc) is 3.10. The minimum atomic E-state index is -5.08. The van der Waals surface area contributed by atoms with Gasteiger partial charge in [0.05, 0.1) is 18.4 Å². The number of methoxy groups -OCH3 is 1. The van der Waals surface area contributed by atoms with Gasteiger partial charge in [0.1, 0.15) is 5.75 Å². The zero-order chi connectivity index (χ0) is 24.9. The molecule has 4 rings (SSSR count). The van der Waals surface area contributed by atoms with E-state index in [2.05, 4.69) is 15.2 Å². The molecule has 180 valence electrons. The molecule has 8 nitrogen and oxygen atoms in total. The van der Waals surface area contributed by atoms with E-state index in [-0.39, 0.29) is 5.91 Å². The number of fused-ring (bicyclic) bond motifs is 1. The summed E-state index contributed by atoms with van der Waals surface area (Å²) in [6.07, 6.45) is -0.0699. The summed E-state index contributed by atoms with van der Waals surface area (Å²) in [6, 6.07) is 8.99. The number of ether oxygens (including phenoxy) is 1. The first-order chi connectivity index (χ1) is 16.1. The van der Waals surface area contributed by atoms with Gasteiger partial charge in [-0.2, -0.15) is 18.3 Å². The van der Waals surface area contributed by atoms with Crippen molar-refractivity contribution in [1.82, 2.24) is 20.1 Å². The van der Waals surface area contributed by atoms with Crippen LogP contribution in [-0.4, -0.2) is 63.4 Å². The van der Waals surface area contributed by atoms with E-state index in [0.717, 1.165) is 35.4 Å². The standard InChI is InChI=1S/C20H19ClN4O2.C2HF3O2/c1-27-18-11-14(21)4-5-16(18)20(26)25-9-6-15-17(7-10-25)23-24-19(15)13-3-2-8-22-12-13;3-2(4,5)1(6)7/h2-5,8,11-12H,6-7,9-10H2,1H3,(H,23,24);(H,6,7). The quantitative estimate of drug-likeness (QED) is 0.567. The Balaban J connectivity index is 0.000000406. The second kappa shape index (κ2) is 10.6. The third-order valence-corrected chi connectivity index (χ3v) is 5.31. The van der Waals surface area contributed by atoms with E-state index in [0.29, 0.717) is 29.4 Å². The van der Waals surface area contributed by atoms with Gasteiger partial charge in [-0.3, -0.25) is 14.9 Å². The maximum absolute atomic E-state index is 13.0. The van der Waals surface area contributed by atoms with Crippen molar-refractivity contribution in [3.8, 4) is 17.0 Å². The van der Waals surface area contributed by atoms with E-state index in [9.17, 15) is 18.0 Å². The lowest BCUT2D eigenvalue weighted by Gasteiger charge is -2.21. The second-order valence-electron chi connectivity index (χ2n) is 7.21. The Kier molecular flexibility index (Phi) is 7.77. The molecule has 0 spiro atoms. The summed E-state index contributed by atoms with van der Waals surface area (Å²) in [7, 11) is 1.54. The van der Waals surface area contributed by atoms with Crippen LogP contribution in [-0.2, 0) is 17.6 Å². The zero-order valence-electron chi connectivity index (χ0n) is 17.9. The molecule has 0 atom stereocenters. The highest BCUT2D eigenvalue weighted by molar-refractivity contribution is 6.30. The third kappa shape index (κ3) is 5.84. The number of carbonyl (C=O) groups excluding carboxylic acids is 1. The largest absolute Gasteiger partial charge is 0.496 e. The molecule has 3 aromatic rings. The number of amides is 1. The first-order valence-corrected chi connectivity index (χ1v) is 10.4. The van der Waals surface area contributed by atoms with Crippen molar-refractivity contribution in [3.63, 3.8) is 0 Å². The van der Waals surface area contributed by atoms with Crippen molar-refractivity contribution in [2.75, 3.05) is 20.2 Å². The molecule has 3 heterocycles. The Hall–Kier alpha value is -3.60. The van der Waals surface area contributed by atoms with Gasteiger partial charge >= 0.3 is 12.1 Å². The molecular weight excluding hydrogens is 477 g/mol. The monoisotopic (exact) mass is 496 g/mol. The minimum Gasteiger partial charge on any atom is -0.496 e. The molecule has 1 aliphatic rings. The number of benzene rings is 1. The van der Waals surface area contributed by atoms with Gasteiger partial charge in [-0.15, -0.1) is 0 Å². The fourth-order valence-corrected chi connectivity index (χ4v) is 3.60. The minimum absolute atomic E-state index is 0.0513. The van der Waals surface area contributed by atoms with Crippen LogP contribution < -0.4 is 4.74 Å². The number of hydrogen-bond acceptors (Lipinski definition) is 5. The summed E-state index contributed by atoms with van der Waals surface area (Å²) in [6.45, 7) is 1.23. The zero-order valence-corrected chi connectivity index (χ0v) is 18.7. The summed E-state index contributed by atoms with van der Waals surface area (Å²) < 4.78 is 37.1. The van der Waals surface area contributed by atoms with Gasteiger partial charge in [-0.05, 0) is 36.8 Å². The number of aliphatic carboxylic acids is 1. The van der Waals surface area contributed by atoms with Crippen LogP contribution in [0.4, 0.5) is 13.2 Å². The highest BCUT2D eigenvalue weighted by Crippen LogP contribution is 2.28. The van der Waals surface area contributed by atoms with Crippen molar-refractivity contribution in [3.05, 3.63) is 64.6 Å². The maximum atomic E-state index is 13.0. The van der Waals surface area contributed by atoms with Crippen LogP contribution >= 0.6 is 11.6 Å². The topological polar surface area (TPSA) is 108 Å². The van der Waals surface area contributed by atoms with E-state index in [1.54, 1.807) is 31.5 Å². The predicted octanol–water partition coefficient (Wildman–Crippen LogP) is 4.01. The molecule has 1 aliphatic heterocycles. The van der Waals surface area contributed by atoms with Gasteiger partial charge in [-0.1, -0.05) is 11.6 Å². The van der Waals surface area contributed by atoms with Crippen LogP contribution in [0.25, 0.3) is 11.3 Å². The van der Waals surface area contributed by atoms with Crippen LogP contribution in [0.5, 0.6) is 5.75 Å². The summed E-state index contributed by atoms with van der Waals surface area (Å²) in [5.74, 6) is -2.31. The van der Waals surface area contributed by atoms with Crippen LogP contribution in [0.2, 0.25) is 5.02 Å². The molecule has 0 saturated carbocycles. The number of nitrogens with one attached hydrogen (secondary N) is 1. The molecule has 2 aromatic heterocycles. The molecular formula is C22H20ClF3N4O4. The highest BCUT2D eigenvalue weighted by atomic mass is 35.5. The van der Waals surface area contributed by atoms with Gasteiger partial charge in [0.25, 0.3) is 5.91 Å². The van der Waals surface area contributed by atoms with E-state index in [1.807, 2.05) is 23.2 Å². The summed E-state index contributed by atoms with van der Waals surface area (Å²) in [5, 5.41) is 15.3. The fourth-order valence-electron chi connectivity index (χ4n) is 3.44. The van der Waals surface area contributed by atoms with Crippen molar-refractivity contribution >= 4 is 23.5 Å². The lowest BCUT2D eigenvalue weighted by atomic mass is 10.0. The SMILES string of the molecule is COc1cc(Cl)ccc1C(=O)N1CCc2[nH]nc(-c3cccnc3)c2CC1.O=C(O)C(F)(F)F. The molecule has 0 saturated heterocycles. The molecule has 1 aromatic carbocycles. The number of nitrogens with zero attached hydrogens (tertiary/aromatic N) is 3. The molecule has 1 amide bonds. The smallest absolute Gasteiger partial charge is 0.490 e. The number of carboxylic acids is 1. The molecule has 0 radical (unpaired) electrons. The molecule has 0 bridgehead atoms. The van der Waals surface area contributed by atoms with Gasteiger partial charge in [0.15, 0.2) is 0 Å². The number of carbonyl (C=O) groups is 2. The van der Waals surface area contributed by atoms with Gasteiger partial charge in [-0.25, -0.2) is 4.79 Å². The summed E-state index contributed by atoms with van der Waals surface area (Å²) in [4.78, 5) is 28.0. The lowest BCUT2D eigenvalue weighted by molar-refractivity contribution is -0.192. The Labute approximate surface area is 197 Å². The maximum Gasteiger partial charge on any atom is 0.490 e. The fraction of sp³-hybridized carbons (Fsp3) is 0.273. The number of carboxylic acid groups (broad SMARTS) is 1. The molecule has 0 fully saturated rings. The Morgan fingerprint density at radius 2 is 1.91 bits per heavy atom. The third-order valence-electron chi connectivity index (χ3n) is 5.07. The molecule has 0 unspecified atom stereocenters.